The minimum Gasteiger partial charge on any atom is -0.508 e. The van der Waals surface area contributed by atoms with Crippen molar-refractivity contribution in [2.45, 2.75) is 69.7 Å². The molecule has 4 rings (SSSR count). The Balaban J connectivity index is 1.65. The lowest BCUT2D eigenvalue weighted by Gasteiger charge is -2.37. The third-order valence-electron chi connectivity index (χ3n) is 8.22. The number of phenols is 1. The van der Waals surface area contributed by atoms with Crippen molar-refractivity contribution in [3.8, 4) is 11.5 Å². The number of fused-ring (bicyclic) bond motifs is 1. The smallest absolute Gasteiger partial charge is 0.246 e. The van der Waals surface area contributed by atoms with Crippen LogP contribution in [0.4, 0.5) is 0 Å². The molecule has 2 aromatic rings. The number of ether oxygens (including phenoxy) is 1. The number of aromatic hydroxyl groups is 1. The standard InChI is InChI=1S/C33H44N4O6/c1-22(38)30-32(41)36-27(21-23-14-16-26(39)17-15-23)31(40)35-18-8-12-24-9-6-7-13-28(24)43-20-19-34-29(33(42)37(30)2)25-10-4-3-5-11-25/h6-9,12-17,22,25,27,29-30,34,38-39H,3-5,10-11,18-21H2,1-2H3,(H,35,40)(H,36,41)/b12-8+/t22-,27-,29+,30+/m1/s1. The van der Waals surface area contributed by atoms with Crippen molar-refractivity contribution >= 4 is 23.8 Å². The van der Waals surface area contributed by atoms with E-state index in [0.717, 1.165) is 43.2 Å². The molecular formula is C33H44N4O6. The first-order valence-corrected chi connectivity index (χ1v) is 15.2. The lowest BCUT2D eigenvalue weighted by Crippen LogP contribution is -2.61. The number of phenolic OH excluding ortho intramolecular Hbond substituents is 1. The summed E-state index contributed by atoms with van der Waals surface area (Å²) in [5.74, 6) is -0.450. The number of nitrogens with one attached hydrogen (secondary N) is 3. The summed E-state index contributed by atoms with van der Waals surface area (Å²) in [7, 11) is 1.53. The molecule has 5 N–H and O–H groups in total. The van der Waals surface area contributed by atoms with Crippen molar-refractivity contribution < 1.29 is 29.3 Å². The summed E-state index contributed by atoms with van der Waals surface area (Å²) < 4.78 is 6.07. The number of aliphatic hydroxyl groups excluding tert-OH is 1. The Bertz CT molecular complexity index is 1260. The molecule has 0 aromatic heterocycles. The number of hydrogen-bond acceptors (Lipinski definition) is 7. The highest BCUT2D eigenvalue weighted by atomic mass is 16.5. The summed E-state index contributed by atoms with van der Waals surface area (Å²) in [6.45, 7) is 2.43. The molecule has 1 heterocycles. The van der Waals surface area contributed by atoms with Gasteiger partial charge in [0.15, 0.2) is 0 Å². The Kier molecular flexibility index (Phi) is 11.6. The van der Waals surface area contributed by atoms with Crippen LogP contribution < -0.4 is 20.7 Å². The van der Waals surface area contributed by atoms with Crippen LogP contribution in [0.15, 0.2) is 54.6 Å². The second-order valence-corrected chi connectivity index (χ2v) is 11.4. The molecule has 2 aliphatic rings. The third-order valence-corrected chi connectivity index (χ3v) is 8.22. The van der Waals surface area contributed by atoms with Crippen molar-refractivity contribution in [2.24, 2.45) is 5.92 Å². The second kappa shape index (κ2) is 15.5. The van der Waals surface area contributed by atoms with E-state index in [4.69, 9.17) is 4.74 Å². The number of rotatable bonds is 4. The molecule has 0 spiro atoms. The van der Waals surface area contributed by atoms with Crippen LogP contribution in [0.2, 0.25) is 0 Å². The van der Waals surface area contributed by atoms with Crippen molar-refractivity contribution in [3.05, 3.63) is 65.7 Å². The molecule has 10 heteroatoms. The molecule has 10 nitrogen and oxygen atoms in total. The fourth-order valence-electron chi connectivity index (χ4n) is 5.93. The van der Waals surface area contributed by atoms with Crippen LogP contribution in [-0.4, -0.2) is 83.8 Å². The Labute approximate surface area is 253 Å². The van der Waals surface area contributed by atoms with Crippen molar-refractivity contribution in [2.75, 3.05) is 26.7 Å². The second-order valence-electron chi connectivity index (χ2n) is 11.4. The van der Waals surface area contributed by atoms with E-state index in [1.54, 1.807) is 12.1 Å². The summed E-state index contributed by atoms with van der Waals surface area (Å²) in [6.07, 6.45) is 7.62. The fourth-order valence-corrected chi connectivity index (χ4v) is 5.93. The van der Waals surface area contributed by atoms with Gasteiger partial charge in [0, 0.05) is 32.1 Å². The lowest BCUT2D eigenvalue weighted by molar-refractivity contribution is -0.146. The van der Waals surface area contributed by atoms with Gasteiger partial charge in [0.1, 0.15) is 30.2 Å². The largest absolute Gasteiger partial charge is 0.508 e. The van der Waals surface area contributed by atoms with Crippen LogP contribution in [0.1, 0.15) is 50.2 Å². The summed E-state index contributed by atoms with van der Waals surface area (Å²) >= 11 is 0. The predicted molar refractivity (Wildman–Crippen MR) is 164 cm³/mol. The molecule has 1 aliphatic carbocycles. The van der Waals surface area contributed by atoms with Gasteiger partial charge in [-0.1, -0.05) is 61.7 Å². The van der Waals surface area contributed by atoms with E-state index >= 15 is 0 Å². The highest BCUT2D eigenvalue weighted by Crippen LogP contribution is 2.28. The van der Waals surface area contributed by atoms with Gasteiger partial charge in [-0.05, 0) is 49.4 Å². The molecular weight excluding hydrogens is 548 g/mol. The zero-order valence-corrected chi connectivity index (χ0v) is 25.0. The first-order chi connectivity index (χ1) is 20.7. The van der Waals surface area contributed by atoms with E-state index < -0.39 is 36.0 Å². The molecule has 3 amide bonds. The van der Waals surface area contributed by atoms with E-state index in [-0.39, 0.29) is 30.5 Å². The molecule has 0 radical (unpaired) electrons. The maximum absolute atomic E-state index is 14.0. The number of nitrogens with zero attached hydrogens (tertiary/aromatic N) is 1. The van der Waals surface area contributed by atoms with Gasteiger partial charge in [0.25, 0.3) is 0 Å². The number of para-hydroxylation sites is 1. The minimum atomic E-state index is -1.21. The summed E-state index contributed by atoms with van der Waals surface area (Å²) in [6, 6.07) is 11.2. The zero-order valence-electron chi connectivity index (χ0n) is 25.0. The number of benzene rings is 2. The number of carbonyl (C=O) groups excluding carboxylic acids is 3. The Morgan fingerprint density at radius 3 is 2.44 bits per heavy atom. The molecule has 0 bridgehead atoms. The quantitative estimate of drug-likeness (QED) is 0.367. The lowest BCUT2D eigenvalue weighted by atomic mass is 9.83. The zero-order chi connectivity index (χ0) is 30.8. The number of hydrogen-bond donors (Lipinski definition) is 5. The SMILES string of the molecule is C[C@@H](O)[C@H]1C(=O)N[C@H](Cc2ccc(O)cc2)C(=O)NC/C=C/c2ccccc2OCCN[C@@H](C2CCCCC2)C(=O)N1C. The molecule has 4 atom stereocenters. The average Bonchev–Trinajstić information content (AvgIpc) is 3.00. The van der Waals surface area contributed by atoms with Crippen LogP contribution >= 0.6 is 0 Å². The van der Waals surface area contributed by atoms with Gasteiger partial charge < -0.3 is 35.8 Å². The average molecular weight is 593 g/mol. The fraction of sp³-hybridized carbons (Fsp3) is 0.485. The minimum absolute atomic E-state index is 0.0896. The molecule has 1 saturated carbocycles. The number of aliphatic hydroxyl groups is 1. The van der Waals surface area contributed by atoms with Gasteiger partial charge in [0.05, 0.1) is 12.1 Å². The number of likely N-dealkylation sites (N-methyl/N-ethyl adjacent to an activating group) is 1. The maximum Gasteiger partial charge on any atom is 0.246 e. The third kappa shape index (κ3) is 8.81. The van der Waals surface area contributed by atoms with Crippen LogP contribution in [-0.2, 0) is 20.8 Å². The summed E-state index contributed by atoms with van der Waals surface area (Å²) in [4.78, 5) is 42.3. The van der Waals surface area contributed by atoms with Crippen LogP contribution in [0.3, 0.4) is 0 Å². The first kappa shape index (κ1) is 32.0. The number of carbonyl (C=O) groups is 3. The molecule has 43 heavy (non-hydrogen) atoms. The predicted octanol–water partition coefficient (Wildman–Crippen LogP) is 2.39. The van der Waals surface area contributed by atoms with Gasteiger partial charge >= 0.3 is 0 Å². The van der Waals surface area contributed by atoms with Crippen LogP contribution in [0.5, 0.6) is 11.5 Å². The van der Waals surface area contributed by atoms with Gasteiger partial charge in [0.2, 0.25) is 17.7 Å². The Morgan fingerprint density at radius 2 is 1.72 bits per heavy atom. The molecule has 1 fully saturated rings. The molecule has 0 unspecified atom stereocenters. The summed E-state index contributed by atoms with van der Waals surface area (Å²) in [5, 5.41) is 29.5. The Morgan fingerprint density at radius 1 is 1.00 bits per heavy atom. The highest BCUT2D eigenvalue weighted by Gasteiger charge is 2.38. The highest BCUT2D eigenvalue weighted by molar-refractivity contribution is 5.93. The molecule has 1 aliphatic heterocycles. The van der Waals surface area contributed by atoms with E-state index in [1.807, 2.05) is 36.4 Å². The van der Waals surface area contributed by atoms with Gasteiger partial charge in [-0.15, -0.1) is 0 Å². The molecule has 0 saturated heterocycles. The van der Waals surface area contributed by atoms with E-state index in [0.29, 0.717) is 18.9 Å². The number of amides is 3. The van der Waals surface area contributed by atoms with Crippen LogP contribution in [0.25, 0.3) is 6.08 Å². The molecule has 2 aromatic carbocycles. The van der Waals surface area contributed by atoms with E-state index in [1.165, 1.54) is 31.0 Å². The monoisotopic (exact) mass is 592 g/mol. The first-order valence-electron chi connectivity index (χ1n) is 15.2. The van der Waals surface area contributed by atoms with Gasteiger partial charge in [-0.25, -0.2) is 0 Å². The van der Waals surface area contributed by atoms with Gasteiger partial charge in [-0.2, -0.15) is 0 Å². The summed E-state index contributed by atoms with van der Waals surface area (Å²) in [5.41, 5.74) is 1.58. The van der Waals surface area contributed by atoms with Crippen molar-refractivity contribution in [3.63, 3.8) is 0 Å². The van der Waals surface area contributed by atoms with E-state index in [9.17, 15) is 24.6 Å². The van der Waals surface area contributed by atoms with E-state index in [2.05, 4.69) is 16.0 Å². The Hall–Kier alpha value is -3.89. The van der Waals surface area contributed by atoms with Gasteiger partial charge in [-0.3, -0.25) is 14.4 Å². The molecule has 232 valence electrons. The van der Waals surface area contributed by atoms with Crippen molar-refractivity contribution in [1.82, 2.24) is 20.9 Å². The maximum atomic E-state index is 14.0. The van der Waals surface area contributed by atoms with Crippen LogP contribution in [0, 0.1) is 5.92 Å². The normalized spacial score (nSPS) is 24.9. The van der Waals surface area contributed by atoms with Crippen molar-refractivity contribution in [1.29, 1.82) is 0 Å². The topological polar surface area (TPSA) is 140 Å².